The molecule has 0 aliphatic rings. The van der Waals surface area contributed by atoms with Crippen LogP contribution in [0.2, 0.25) is 0 Å². The highest BCUT2D eigenvalue weighted by Crippen LogP contribution is 2.24. The molecule has 0 saturated heterocycles. The van der Waals surface area contributed by atoms with Gasteiger partial charge in [-0.3, -0.25) is 0 Å². The third-order valence-electron chi connectivity index (χ3n) is 2.97. The molecule has 0 heterocycles. The topological polar surface area (TPSA) is 0 Å². The van der Waals surface area contributed by atoms with Gasteiger partial charge >= 0.3 is 0 Å². The summed E-state index contributed by atoms with van der Waals surface area (Å²) in [5.41, 5.74) is 1.42. The van der Waals surface area contributed by atoms with Crippen LogP contribution >= 0.6 is 0 Å². The maximum Gasteiger partial charge on any atom is -0.00742 e. The van der Waals surface area contributed by atoms with E-state index in [1.54, 1.807) is 0 Å². The highest BCUT2D eigenvalue weighted by atomic mass is 14.2. The molecule has 0 aromatic heterocycles. The number of fused-ring (bicyclic) bond motifs is 1. The predicted molar refractivity (Wildman–Crippen MR) is 72.9 cm³/mol. The van der Waals surface area contributed by atoms with Crippen LogP contribution in [0.1, 0.15) is 26.3 Å². The summed E-state index contributed by atoms with van der Waals surface area (Å²) in [7, 11) is 0. The zero-order valence-corrected chi connectivity index (χ0v) is 10.3. The van der Waals surface area contributed by atoms with Crippen LogP contribution in [0.4, 0.5) is 0 Å². The molecule has 2 aromatic carbocycles. The fraction of sp³-hybridized carbons (Fsp3) is 0.250. The molecule has 0 aliphatic carbocycles. The highest BCUT2D eigenvalue weighted by Gasteiger charge is 2.17. The number of rotatable bonds is 0. The van der Waals surface area contributed by atoms with Gasteiger partial charge in [-0.05, 0) is 32.2 Å². The van der Waals surface area contributed by atoms with Gasteiger partial charge in [0.1, 0.15) is 0 Å². The zero-order chi connectivity index (χ0) is 11.9. The quantitative estimate of drug-likeness (QED) is 0.627. The minimum atomic E-state index is 0.102. The Morgan fingerprint density at radius 2 is 1.56 bits per heavy atom. The van der Waals surface area contributed by atoms with Crippen molar-refractivity contribution in [1.29, 1.82) is 0 Å². The number of hydrogen-bond donors (Lipinski definition) is 0. The molecule has 2 aromatic rings. The van der Waals surface area contributed by atoms with Gasteiger partial charge in [0.05, 0.1) is 0 Å². The minimum Gasteiger partial charge on any atom is -0.0914 e. The van der Waals surface area contributed by atoms with Gasteiger partial charge in [0, 0.05) is 0 Å². The summed E-state index contributed by atoms with van der Waals surface area (Å²) in [6, 6.07) is 10.5. The molecule has 0 radical (unpaired) electrons. The second-order valence-corrected chi connectivity index (χ2v) is 5.36. The number of hydrogen-bond acceptors (Lipinski definition) is 0. The lowest BCUT2D eigenvalue weighted by molar-refractivity contribution is 0.592. The van der Waals surface area contributed by atoms with E-state index in [0.717, 1.165) is 10.4 Å². The van der Waals surface area contributed by atoms with Crippen molar-refractivity contribution in [1.82, 2.24) is 0 Å². The lowest BCUT2D eigenvalue weighted by atomic mass is 9.82. The minimum absolute atomic E-state index is 0.102. The summed E-state index contributed by atoms with van der Waals surface area (Å²) in [5.74, 6) is 0. The Balaban J connectivity index is 3.07. The van der Waals surface area contributed by atoms with Crippen molar-refractivity contribution in [2.75, 3.05) is 0 Å². The van der Waals surface area contributed by atoms with E-state index in [9.17, 15) is 0 Å². The number of benzene rings is 2. The van der Waals surface area contributed by atoms with Crippen LogP contribution in [0.15, 0.2) is 30.3 Å². The molecule has 0 unspecified atom stereocenters. The zero-order valence-electron chi connectivity index (χ0n) is 10.3. The largest absolute Gasteiger partial charge is 0.0914 e. The first kappa shape index (κ1) is 10.9. The van der Waals surface area contributed by atoms with Crippen LogP contribution in [-0.4, -0.2) is 0 Å². The summed E-state index contributed by atoms with van der Waals surface area (Å²) >= 11 is 0. The third kappa shape index (κ3) is 1.65. The monoisotopic (exact) mass is 210 g/mol. The second kappa shape index (κ2) is 3.48. The predicted octanol–water partition coefficient (Wildman–Crippen LogP) is 2.96. The van der Waals surface area contributed by atoms with Crippen molar-refractivity contribution in [2.24, 2.45) is 0 Å². The lowest BCUT2D eigenvalue weighted by Gasteiger charge is -2.22. The van der Waals surface area contributed by atoms with E-state index < -0.39 is 0 Å². The second-order valence-electron chi connectivity index (χ2n) is 5.36. The summed E-state index contributed by atoms with van der Waals surface area (Å²) in [4.78, 5) is 0. The molecular formula is C16H18. The first-order chi connectivity index (χ1) is 7.41. The summed E-state index contributed by atoms with van der Waals surface area (Å²) in [5, 5.41) is 4.72. The van der Waals surface area contributed by atoms with Crippen molar-refractivity contribution in [2.45, 2.75) is 26.2 Å². The summed E-state index contributed by atoms with van der Waals surface area (Å²) in [6.45, 7) is 15.0. The standard InChI is InChI=1S/C16H18/c1-11-7-6-8-13-10-9-12(2)15(14(11)13)16(3,4)5/h6-10H,1-2H2,3-5H3. The molecule has 0 bridgehead atoms. The molecule has 0 heteroatoms. The Kier molecular flexibility index (Phi) is 2.38. The first-order valence-corrected chi connectivity index (χ1v) is 5.61. The van der Waals surface area contributed by atoms with Gasteiger partial charge in [0.2, 0.25) is 0 Å². The maximum absolute atomic E-state index is 4.15. The van der Waals surface area contributed by atoms with Gasteiger partial charge in [0.25, 0.3) is 0 Å². The third-order valence-corrected chi connectivity index (χ3v) is 2.97. The maximum atomic E-state index is 4.15. The van der Waals surface area contributed by atoms with Crippen molar-refractivity contribution in [3.05, 3.63) is 46.3 Å². The van der Waals surface area contributed by atoms with E-state index in [-0.39, 0.29) is 5.41 Å². The summed E-state index contributed by atoms with van der Waals surface area (Å²) in [6.07, 6.45) is 0. The van der Waals surface area contributed by atoms with Gasteiger partial charge in [-0.1, -0.05) is 64.3 Å². The molecule has 0 amide bonds. The Labute approximate surface area is 96.9 Å². The SMILES string of the molecule is C=c1ccc2cccc(=C)c2c1C(C)(C)C. The van der Waals surface area contributed by atoms with Crippen LogP contribution in [0.25, 0.3) is 23.9 Å². The molecule has 0 saturated carbocycles. The van der Waals surface area contributed by atoms with Crippen LogP contribution in [-0.2, 0) is 5.41 Å². The van der Waals surface area contributed by atoms with Gasteiger partial charge in [-0.25, -0.2) is 0 Å². The van der Waals surface area contributed by atoms with Crippen molar-refractivity contribution < 1.29 is 0 Å². The van der Waals surface area contributed by atoms with Crippen LogP contribution in [0, 0.1) is 0 Å². The molecule has 0 aliphatic heterocycles. The Morgan fingerprint density at radius 1 is 0.875 bits per heavy atom. The summed E-state index contributed by atoms with van der Waals surface area (Å²) < 4.78 is 0. The van der Waals surface area contributed by atoms with E-state index in [2.05, 4.69) is 64.3 Å². The van der Waals surface area contributed by atoms with E-state index >= 15 is 0 Å². The molecule has 82 valence electrons. The van der Waals surface area contributed by atoms with Gasteiger partial charge < -0.3 is 0 Å². The van der Waals surface area contributed by atoms with E-state index in [1.165, 1.54) is 16.3 Å². The average molecular weight is 210 g/mol. The van der Waals surface area contributed by atoms with Crippen molar-refractivity contribution in [3.8, 4) is 0 Å². The molecule has 0 N–H and O–H groups in total. The highest BCUT2D eigenvalue weighted by molar-refractivity contribution is 5.87. The van der Waals surface area contributed by atoms with Crippen LogP contribution < -0.4 is 10.4 Å². The molecular weight excluding hydrogens is 192 g/mol. The fourth-order valence-electron chi connectivity index (χ4n) is 2.35. The molecule has 0 atom stereocenters. The normalized spacial score (nSPS) is 11.9. The van der Waals surface area contributed by atoms with E-state index in [0.29, 0.717) is 0 Å². The Bertz CT molecular complexity index is 627. The Hall–Kier alpha value is -1.56. The van der Waals surface area contributed by atoms with Crippen LogP contribution in [0.3, 0.4) is 0 Å². The van der Waals surface area contributed by atoms with Gasteiger partial charge in [0.15, 0.2) is 0 Å². The molecule has 16 heavy (non-hydrogen) atoms. The molecule has 0 nitrogen and oxygen atoms in total. The van der Waals surface area contributed by atoms with Gasteiger partial charge in [-0.15, -0.1) is 0 Å². The van der Waals surface area contributed by atoms with E-state index in [1.807, 2.05) is 0 Å². The van der Waals surface area contributed by atoms with E-state index in [4.69, 9.17) is 0 Å². The van der Waals surface area contributed by atoms with Crippen molar-refractivity contribution in [3.63, 3.8) is 0 Å². The van der Waals surface area contributed by atoms with Crippen molar-refractivity contribution >= 4 is 23.9 Å². The molecule has 2 rings (SSSR count). The van der Waals surface area contributed by atoms with Gasteiger partial charge in [-0.2, -0.15) is 0 Å². The molecule has 0 fully saturated rings. The smallest absolute Gasteiger partial charge is 0.00742 e. The fourth-order valence-corrected chi connectivity index (χ4v) is 2.35. The molecule has 0 spiro atoms. The Morgan fingerprint density at radius 3 is 2.19 bits per heavy atom. The van der Waals surface area contributed by atoms with Crippen LogP contribution in [0.5, 0.6) is 0 Å². The lowest BCUT2D eigenvalue weighted by Crippen LogP contribution is -2.24. The average Bonchev–Trinajstić information content (AvgIpc) is 2.17. The first-order valence-electron chi connectivity index (χ1n) is 5.61.